The SMILES string of the molecule is Cc1ccc(-c2nc(C)c(C(=O)NCC(C)C#N)s2)c(C)c1. The Labute approximate surface area is 134 Å². The molecule has 4 nitrogen and oxygen atoms in total. The monoisotopic (exact) mass is 313 g/mol. The van der Waals surface area contributed by atoms with Crippen LogP contribution in [0.1, 0.15) is 33.4 Å². The van der Waals surface area contributed by atoms with Crippen LogP contribution in [0, 0.1) is 38.0 Å². The topological polar surface area (TPSA) is 65.8 Å². The molecule has 0 aliphatic rings. The average Bonchev–Trinajstić information content (AvgIpc) is 2.86. The molecule has 1 aromatic heterocycles. The molecule has 5 heteroatoms. The van der Waals surface area contributed by atoms with Crippen LogP contribution in [-0.4, -0.2) is 17.4 Å². The second kappa shape index (κ2) is 6.71. The molecule has 1 amide bonds. The second-order valence-corrected chi connectivity index (χ2v) is 6.49. The van der Waals surface area contributed by atoms with Crippen molar-refractivity contribution < 1.29 is 4.79 Å². The van der Waals surface area contributed by atoms with Gasteiger partial charge in [0, 0.05) is 12.1 Å². The van der Waals surface area contributed by atoms with Gasteiger partial charge in [-0.15, -0.1) is 11.3 Å². The molecule has 0 fully saturated rings. The van der Waals surface area contributed by atoms with Crippen molar-refractivity contribution in [3.63, 3.8) is 0 Å². The van der Waals surface area contributed by atoms with Gasteiger partial charge < -0.3 is 5.32 Å². The summed E-state index contributed by atoms with van der Waals surface area (Å²) >= 11 is 1.39. The lowest BCUT2D eigenvalue weighted by atomic mass is 10.1. The largest absolute Gasteiger partial charge is 0.350 e. The first-order chi connectivity index (χ1) is 10.4. The Hall–Kier alpha value is -2.19. The predicted octanol–water partition coefficient (Wildman–Crippen LogP) is 3.62. The molecule has 0 saturated carbocycles. The molecule has 1 N–H and O–H groups in total. The molecule has 0 radical (unpaired) electrons. The fraction of sp³-hybridized carbons (Fsp3) is 0.353. The van der Waals surface area contributed by atoms with Gasteiger partial charge in [0.15, 0.2) is 0 Å². The van der Waals surface area contributed by atoms with Crippen molar-refractivity contribution in [1.29, 1.82) is 5.26 Å². The Balaban J connectivity index is 2.24. The number of aryl methyl sites for hydroxylation is 3. The molecular formula is C17H19N3OS. The summed E-state index contributed by atoms with van der Waals surface area (Å²) in [5.74, 6) is -0.357. The van der Waals surface area contributed by atoms with Gasteiger partial charge in [0.25, 0.3) is 5.91 Å². The molecule has 0 bridgehead atoms. The minimum absolute atomic E-state index is 0.159. The van der Waals surface area contributed by atoms with Gasteiger partial charge in [0.2, 0.25) is 0 Å². The van der Waals surface area contributed by atoms with Gasteiger partial charge in [-0.25, -0.2) is 4.98 Å². The standard InChI is InChI=1S/C17H19N3OS/c1-10-5-6-14(12(3)7-10)17-20-13(4)15(22-17)16(21)19-9-11(2)8-18/h5-7,11H,9H2,1-4H3,(H,19,21). The molecule has 0 spiro atoms. The quantitative estimate of drug-likeness (QED) is 0.937. The Morgan fingerprint density at radius 2 is 2.14 bits per heavy atom. The van der Waals surface area contributed by atoms with Crippen molar-refractivity contribution in [2.45, 2.75) is 27.7 Å². The van der Waals surface area contributed by atoms with Crippen molar-refractivity contribution in [2.24, 2.45) is 5.92 Å². The molecule has 0 aliphatic heterocycles. The van der Waals surface area contributed by atoms with Crippen molar-refractivity contribution in [2.75, 3.05) is 6.54 Å². The zero-order valence-electron chi connectivity index (χ0n) is 13.2. The normalized spacial score (nSPS) is 11.8. The van der Waals surface area contributed by atoms with E-state index in [4.69, 9.17) is 5.26 Å². The first kappa shape index (κ1) is 16.2. The maximum absolute atomic E-state index is 12.2. The molecular weight excluding hydrogens is 294 g/mol. The minimum atomic E-state index is -0.198. The van der Waals surface area contributed by atoms with Gasteiger partial charge in [-0.1, -0.05) is 23.8 Å². The van der Waals surface area contributed by atoms with E-state index in [9.17, 15) is 4.79 Å². The van der Waals surface area contributed by atoms with E-state index in [1.807, 2.05) is 26.0 Å². The van der Waals surface area contributed by atoms with Crippen LogP contribution in [0.2, 0.25) is 0 Å². The van der Waals surface area contributed by atoms with E-state index in [1.54, 1.807) is 6.92 Å². The third-order valence-corrected chi connectivity index (χ3v) is 4.59. The van der Waals surface area contributed by atoms with Crippen LogP contribution in [0.25, 0.3) is 10.6 Å². The summed E-state index contributed by atoms with van der Waals surface area (Å²) in [7, 11) is 0. The number of aromatic nitrogens is 1. The molecule has 2 aromatic rings. The van der Waals surface area contributed by atoms with E-state index < -0.39 is 0 Å². The predicted molar refractivity (Wildman–Crippen MR) is 88.9 cm³/mol. The number of nitriles is 1. The number of thiazole rings is 1. The van der Waals surface area contributed by atoms with Crippen molar-refractivity contribution in [3.05, 3.63) is 39.9 Å². The van der Waals surface area contributed by atoms with Crippen LogP contribution in [0.5, 0.6) is 0 Å². The molecule has 22 heavy (non-hydrogen) atoms. The van der Waals surface area contributed by atoms with E-state index in [0.29, 0.717) is 11.4 Å². The molecule has 1 unspecified atom stereocenters. The lowest BCUT2D eigenvalue weighted by molar-refractivity contribution is 0.0954. The molecule has 0 aliphatic carbocycles. The number of carbonyl (C=O) groups excluding carboxylic acids is 1. The summed E-state index contributed by atoms with van der Waals surface area (Å²) in [5.41, 5.74) is 4.14. The number of benzene rings is 1. The zero-order valence-corrected chi connectivity index (χ0v) is 14.0. The van der Waals surface area contributed by atoms with Crippen molar-refractivity contribution >= 4 is 17.2 Å². The summed E-state index contributed by atoms with van der Waals surface area (Å²) in [5, 5.41) is 12.4. The number of hydrogen-bond acceptors (Lipinski definition) is 4. The number of carbonyl (C=O) groups is 1. The molecule has 114 valence electrons. The molecule has 2 rings (SSSR count). The van der Waals surface area contributed by atoms with Gasteiger partial charge in [0.1, 0.15) is 9.88 Å². The van der Waals surface area contributed by atoms with Crippen LogP contribution in [0.4, 0.5) is 0 Å². The van der Waals surface area contributed by atoms with E-state index in [1.165, 1.54) is 16.9 Å². The van der Waals surface area contributed by atoms with Gasteiger partial charge in [-0.05, 0) is 33.3 Å². The van der Waals surface area contributed by atoms with Gasteiger partial charge >= 0.3 is 0 Å². The highest BCUT2D eigenvalue weighted by molar-refractivity contribution is 7.17. The third kappa shape index (κ3) is 3.52. The summed E-state index contributed by atoms with van der Waals surface area (Å²) in [6.07, 6.45) is 0. The molecule has 0 saturated heterocycles. The maximum atomic E-state index is 12.2. The average molecular weight is 313 g/mol. The van der Waals surface area contributed by atoms with E-state index in [0.717, 1.165) is 21.8 Å². The number of nitrogens with one attached hydrogen (secondary N) is 1. The Bertz CT molecular complexity index is 743. The number of hydrogen-bond donors (Lipinski definition) is 1. The fourth-order valence-electron chi connectivity index (χ4n) is 2.15. The Morgan fingerprint density at radius 3 is 2.77 bits per heavy atom. The number of nitrogens with zero attached hydrogens (tertiary/aromatic N) is 2. The number of amides is 1. The second-order valence-electron chi connectivity index (χ2n) is 5.49. The van der Waals surface area contributed by atoms with Crippen molar-refractivity contribution in [1.82, 2.24) is 10.3 Å². The van der Waals surface area contributed by atoms with Gasteiger partial charge in [-0.2, -0.15) is 5.26 Å². The smallest absolute Gasteiger partial charge is 0.263 e. The highest BCUT2D eigenvalue weighted by atomic mass is 32.1. The van der Waals surface area contributed by atoms with E-state index in [2.05, 4.69) is 29.4 Å². The number of rotatable bonds is 4. The third-order valence-electron chi connectivity index (χ3n) is 3.40. The fourth-order valence-corrected chi connectivity index (χ4v) is 3.22. The van der Waals surface area contributed by atoms with Crippen LogP contribution < -0.4 is 5.32 Å². The zero-order chi connectivity index (χ0) is 16.3. The van der Waals surface area contributed by atoms with Crippen molar-refractivity contribution in [3.8, 4) is 16.6 Å². The Morgan fingerprint density at radius 1 is 1.41 bits per heavy atom. The van der Waals surface area contributed by atoms with Gasteiger partial charge in [-0.3, -0.25) is 4.79 Å². The summed E-state index contributed by atoms with van der Waals surface area (Å²) in [6.45, 7) is 8.07. The summed E-state index contributed by atoms with van der Waals surface area (Å²) < 4.78 is 0. The van der Waals surface area contributed by atoms with Crippen LogP contribution in [-0.2, 0) is 0 Å². The first-order valence-electron chi connectivity index (χ1n) is 7.15. The molecule has 1 aromatic carbocycles. The lowest BCUT2D eigenvalue weighted by Crippen LogP contribution is -2.27. The Kier molecular flexibility index (Phi) is 4.94. The first-order valence-corrected chi connectivity index (χ1v) is 7.97. The van der Waals surface area contributed by atoms with E-state index in [-0.39, 0.29) is 11.8 Å². The highest BCUT2D eigenvalue weighted by Gasteiger charge is 2.17. The van der Waals surface area contributed by atoms with Gasteiger partial charge in [0.05, 0.1) is 17.7 Å². The van der Waals surface area contributed by atoms with Crippen LogP contribution in [0.3, 0.4) is 0 Å². The maximum Gasteiger partial charge on any atom is 0.263 e. The lowest BCUT2D eigenvalue weighted by Gasteiger charge is -2.04. The summed E-state index contributed by atoms with van der Waals surface area (Å²) in [6, 6.07) is 8.31. The van der Waals surface area contributed by atoms with Crippen LogP contribution >= 0.6 is 11.3 Å². The van der Waals surface area contributed by atoms with E-state index >= 15 is 0 Å². The molecule has 1 atom stereocenters. The highest BCUT2D eigenvalue weighted by Crippen LogP contribution is 2.30. The van der Waals surface area contributed by atoms with Crippen LogP contribution in [0.15, 0.2) is 18.2 Å². The minimum Gasteiger partial charge on any atom is -0.350 e. The summed E-state index contributed by atoms with van der Waals surface area (Å²) in [4.78, 5) is 17.4. The molecule has 1 heterocycles.